The van der Waals surface area contributed by atoms with E-state index >= 15 is 0 Å². The third kappa shape index (κ3) is 3.45. The van der Waals surface area contributed by atoms with Crippen LogP contribution < -0.4 is 10.6 Å². The van der Waals surface area contributed by atoms with Crippen molar-refractivity contribution in [3.05, 3.63) is 29.8 Å². The molecule has 0 amide bonds. The highest BCUT2D eigenvalue weighted by Crippen LogP contribution is 2.28. The van der Waals surface area contributed by atoms with Crippen molar-refractivity contribution in [2.75, 3.05) is 38.0 Å². The molecule has 1 aliphatic rings. The maximum absolute atomic E-state index is 12.7. The van der Waals surface area contributed by atoms with E-state index in [0.29, 0.717) is 0 Å². The maximum atomic E-state index is 12.7. The third-order valence-electron chi connectivity index (χ3n) is 3.89. The highest BCUT2D eigenvalue weighted by Gasteiger charge is 2.23. The van der Waals surface area contributed by atoms with Crippen molar-refractivity contribution in [3.8, 4) is 0 Å². The summed E-state index contributed by atoms with van der Waals surface area (Å²) in [6, 6.07) is 7.53. The van der Waals surface area contributed by atoms with Crippen LogP contribution in [0.4, 0.5) is 10.1 Å². The molecule has 1 saturated heterocycles. The molecule has 0 aliphatic carbocycles. The Kier molecular flexibility index (Phi) is 5.69. The molecule has 0 radical (unpaired) electrons. The Hall–Kier alpha value is -0.780. The summed E-state index contributed by atoms with van der Waals surface area (Å²) < 4.78 is 18.0. The number of halogens is 1. The number of nitrogens with two attached hydrogens (primary N) is 1. The quantitative estimate of drug-likeness (QED) is 0.876. The van der Waals surface area contributed by atoms with E-state index in [1.807, 2.05) is 23.9 Å². The molecule has 1 aliphatic heterocycles. The van der Waals surface area contributed by atoms with Gasteiger partial charge in [-0.3, -0.25) is 0 Å². The fourth-order valence-electron chi connectivity index (χ4n) is 2.67. The number of thioether (sulfide) groups is 1. The predicted molar refractivity (Wildman–Crippen MR) is 84.3 cm³/mol. The number of ether oxygens (including phenoxy) is 1. The molecular formula is C15H23FN2OS. The number of alkyl halides is 1. The summed E-state index contributed by atoms with van der Waals surface area (Å²) in [6.07, 6.45) is 3.02. The van der Waals surface area contributed by atoms with E-state index in [1.54, 1.807) is 7.11 Å². The topological polar surface area (TPSA) is 38.5 Å². The van der Waals surface area contributed by atoms with Crippen LogP contribution in [0.25, 0.3) is 0 Å². The number of benzene rings is 1. The van der Waals surface area contributed by atoms with Crippen LogP contribution in [-0.2, 0) is 4.74 Å². The van der Waals surface area contributed by atoms with Gasteiger partial charge in [0, 0.05) is 31.1 Å². The molecule has 1 aromatic rings. The van der Waals surface area contributed by atoms with Gasteiger partial charge in [0.2, 0.25) is 0 Å². The second-order valence-corrected chi connectivity index (χ2v) is 6.30. The first kappa shape index (κ1) is 15.6. The lowest BCUT2D eigenvalue weighted by Gasteiger charge is -2.23. The van der Waals surface area contributed by atoms with Crippen LogP contribution in [0.2, 0.25) is 0 Å². The van der Waals surface area contributed by atoms with Gasteiger partial charge in [-0.05, 0) is 30.4 Å². The third-order valence-corrected chi connectivity index (χ3v) is 4.94. The summed E-state index contributed by atoms with van der Waals surface area (Å²) in [5.74, 6) is 0. The highest BCUT2D eigenvalue weighted by atomic mass is 32.2. The van der Waals surface area contributed by atoms with E-state index in [1.165, 1.54) is 12.1 Å². The zero-order valence-corrected chi connectivity index (χ0v) is 12.9. The van der Waals surface area contributed by atoms with E-state index in [9.17, 15) is 4.39 Å². The van der Waals surface area contributed by atoms with E-state index in [4.69, 9.17) is 10.5 Å². The second-order valence-electron chi connectivity index (χ2n) is 5.16. The average molecular weight is 298 g/mol. The lowest BCUT2D eigenvalue weighted by atomic mass is 10.0. The molecule has 1 aromatic carbocycles. The van der Waals surface area contributed by atoms with Crippen LogP contribution in [0.1, 0.15) is 18.1 Å². The summed E-state index contributed by atoms with van der Waals surface area (Å²) in [5, 5.41) is 0.723. The standard InChI is InChI=1S/C15H23FN2OS/c1-19-15(14(17)9-16)11-3-5-12(6-4-11)18-8-7-13(10-18)20-2/h3-6,13-15H,7-10,17H2,1-2H3. The largest absolute Gasteiger partial charge is 0.375 e. The zero-order chi connectivity index (χ0) is 14.5. The van der Waals surface area contributed by atoms with Gasteiger partial charge in [0.05, 0.1) is 12.1 Å². The van der Waals surface area contributed by atoms with Crippen molar-refractivity contribution >= 4 is 17.4 Å². The molecule has 0 aromatic heterocycles. The van der Waals surface area contributed by atoms with Crippen molar-refractivity contribution < 1.29 is 9.13 Å². The fourth-order valence-corrected chi connectivity index (χ4v) is 3.34. The van der Waals surface area contributed by atoms with Crippen LogP contribution in [0.3, 0.4) is 0 Å². The summed E-state index contributed by atoms with van der Waals surface area (Å²) in [7, 11) is 1.57. The smallest absolute Gasteiger partial charge is 0.107 e. The Labute approximate surface area is 124 Å². The minimum atomic E-state index is -0.612. The van der Waals surface area contributed by atoms with Gasteiger partial charge >= 0.3 is 0 Å². The Morgan fingerprint density at radius 2 is 2.15 bits per heavy atom. The van der Waals surface area contributed by atoms with Crippen molar-refractivity contribution in [3.63, 3.8) is 0 Å². The number of anilines is 1. The van der Waals surface area contributed by atoms with Crippen molar-refractivity contribution in [2.45, 2.75) is 23.8 Å². The molecule has 0 bridgehead atoms. The summed E-state index contributed by atoms with van der Waals surface area (Å²) in [5.41, 5.74) is 7.89. The SMILES string of the molecule is COC(c1ccc(N2CCC(SC)C2)cc1)C(N)CF. The zero-order valence-electron chi connectivity index (χ0n) is 12.1. The van der Waals surface area contributed by atoms with E-state index in [2.05, 4.69) is 23.3 Å². The van der Waals surface area contributed by atoms with Gasteiger partial charge in [0.15, 0.2) is 0 Å². The monoisotopic (exact) mass is 298 g/mol. The first-order chi connectivity index (χ1) is 9.69. The molecule has 0 spiro atoms. The molecule has 1 heterocycles. The fraction of sp³-hybridized carbons (Fsp3) is 0.600. The molecular weight excluding hydrogens is 275 g/mol. The van der Waals surface area contributed by atoms with Crippen LogP contribution in [0.5, 0.6) is 0 Å². The van der Waals surface area contributed by atoms with Gasteiger partial charge in [-0.15, -0.1) is 0 Å². The Morgan fingerprint density at radius 3 is 2.65 bits per heavy atom. The molecule has 3 unspecified atom stereocenters. The van der Waals surface area contributed by atoms with Crippen molar-refractivity contribution in [1.29, 1.82) is 0 Å². The van der Waals surface area contributed by atoms with Gasteiger partial charge in [0.25, 0.3) is 0 Å². The molecule has 2 N–H and O–H groups in total. The predicted octanol–water partition coefficient (Wildman–Crippen LogP) is 2.61. The van der Waals surface area contributed by atoms with Gasteiger partial charge in [-0.1, -0.05) is 12.1 Å². The average Bonchev–Trinajstić information content (AvgIpc) is 2.97. The van der Waals surface area contributed by atoms with E-state index in [0.717, 1.165) is 23.9 Å². The van der Waals surface area contributed by atoms with Gasteiger partial charge in [-0.25, -0.2) is 4.39 Å². The van der Waals surface area contributed by atoms with Gasteiger partial charge < -0.3 is 15.4 Å². The van der Waals surface area contributed by atoms with Gasteiger partial charge in [0.1, 0.15) is 6.67 Å². The molecule has 112 valence electrons. The maximum Gasteiger partial charge on any atom is 0.107 e. The Morgan fingerprint density at radius 1 is 1.45 bits per heavy atom. The Bertz CT molecular complexity index is 415. The molecule has 3 atom stereocenters. The first-order valence-electron chi connectivity index (χ1n) is 6.91. The first-order valence-corrected chi connectivity index (χ1v) is 8.20. The van der Waals surface area contributed by atoms with Crippen LogP contribution in [0.15, 0.2) is 24.3 Å². The second kappa shape index (κ2) is 7.29. The minimum absolute atomic E-state index is 0.383. The summed E-state index contributed by atoms with van der Waals surface area (Å²) >= 11 is 1.93. The van der Waals surface area contributed by atoms with Crippen LogP contribution in [0, 0.1) is 0 Å². The van der Waals surface area contributed by atoms with Crippen LogP contribution >= 0.6 is 11.8 Å². The molecule has 20 heavy (non-hydrogen) atoms. The number of methoxy groups -OCH3 is 1. The number of hydrogen-bond donors (Lipinski definition) is 1. The normalized spacial score (nSPS) is 22.0. The molecule has 2 rings (SSSR count). The molecule has 0 saturated carbocycles. The lowest BCUT2D eigenvalue weighted by molar-refractivity contribution is 0.0721. The summed E-state index contributed by atoms with van der Waals surface area (Å²) in [4.78, 5) is 2.39. The van der Waals surface area contributed by atoms with E-state index < -0.39 is 12.7 Å². The summed E-state index contributed by atoms with van der Waals surface area (Å²) in [6.45, 7) is 1.61. The van der Waals surface area contributed by atoms with Gasteiger partial charge in [-0.2, -0.15) is 11.8 Å². The number of hydrogen-bond acceptors (Lipinski definition) is 4. The van der Waals surface area contributed by atoms with Crippen molar-refractivity contribution in [1.82, 2.24) is 0 Å². The minimum Gasteiger partial charge on any atom is -0.375 e. The number of nitrogens with zero attached hydrogens (tertiary/aromatic N) is 1. The lowest BCUT2D eigenvalue weighted by Crippen LogP contribution is -2.31. The Balaban J connectivity index is 2.06. The molecule has 3 nitrogen and oxygen atoms in total. The van der Waals surface area contributed by atoms with Crippen molar-refractivity contribution in [2.24, 2.45) is 5.73 Å². The molecule has 1 fully saturated rings. The van der Waals surface area contributed by atoms with Crippen LogP contribution in [-0.4, -0.2) is 44.4 Å². The highest BCUT2D eigenvalue weighted by molar-refractivity contribution is 7.99. The number of rotatable bonds is 6. The molecule has 5 heteroatoms. The van der Waals surface area contributed by atoms with E-state index in [-0.39, 0.29) is 6.10 Å².